The molecule has 3 N–H and O–H groups in total. The molecule has 8 nitrogen and oxygen atoms in total. The summed E-state index contributed by atoms with van der Waals surface area (Å²) < 4.78 is 12.3. The van der Waals surface area contributed by atoms with Crippen LogP contribution in [0.25, 0.3) is 0 Å². The molecule has 2 aliphatic carbocycles. The fourth-order valence-corrected chi connectivity index (χ4v) is 5.77. The maximum Gasteiger partial charge on any atom is 0.258 e. The zero-order chi connectivity index (χ0) is 27.3. The zero-order valence-corrected chi connectivity index (χ0v) is 22.4. The van der Waals surface area contributed by atoms with E-state index < -0.39 is 11.3 Å². The van der Waals surface area contributed by atoms with E-state index in [-0.39, 0.29) is 29.7 Å². The summed E-state index contributed by atoms with van der Waals surface area (Å²) in [6, 6.07) is 19.4. The topological polar surface area (TPSA) is 145 Å². The van der Waals surface area contributed by atoms with E-state index in [1.54, 1.807) is 12.1 Å². The number of amides is 1. The van der Waals surface area contributed by atoms with Crippen LogP contribution in [0.2, 0.25) is 0 Å². The standard InChI is InChI=1S/C29H26BrN5O3/c1-2-37-24-11-21(23(30)12-25(24)38-15-26(36)35-14-18-7-4-3-5-8-18)27-20-10-6-9-19(20)22(13-31)28(34)29(27,16-32)17-33/h3-5,7-9,11-12,20,27H,2,6,10,14-15,34H2,1H3,(H,35,36)/t20-,27+/m0/s1. The SMILES string of the molecule is CCOc1cc([C@H]2[C@H]3CCC=C3C(C#N)=C(N)C2(C#N)C#N)c(Br)cc1OCC(=O)NCc1ccccc1. The van der Waals surface area contributed by atoms with Gasteiger partial charge in [0.05, 0.1) is 30.0 Å². The van der Waals surface area contributed by atoms with Crippen LogP contribution in [0.15, 0.2) is 69.9 Å². The van der Waals surface area contributed by atoms with Gasteiger partial charge in [-0.05, 0) is 54.5 Å². The van der Waals surface area contributed by atoms with Crippen molar-refractivity contribution >= 4 is 21.8 Å². The molecule has 9 heteroatoms. The van der Waals surface area contributed by atoms with Gasteiger partial charge >= 0.3 is 0 Å². The average molecular weight is 572 g/mol. The van der Waals surface area contributed by atoms with E-state index in [2.05, 4.69) is 39.5 Å². The van der Waals surface area contributed by atoms with Crippen LogP contribution in [-0.4, -0.2) is 19.1 Å². The highest BCUT2D eigenvalue weighted by Gasteiger charge is 2.54. The zero-order valence-electron chi connectivity index (χ0n) is 20.8. The van der Waals surface area contributed by atoms with Gasteiger partial charge in [-0.15, -0.1) is 0 Å². The number of rotatable bonds is 8. The van der Waals surface area contributed by atoms with Gasteiger partial charge in [-0.3, -0.25) is 4.79 Å². The van der Waals surface area contributed by atoms with Crippen molar-refractivity contribution in [3.8, 4) is 29.7 Å². The van der Waals surface area contributed by atoms with Crippen LogP contribution in [0.5, 0.6) is 11.5 Å². The second-order valence-corrected chi connectivity index (χ2v) is 9.91. The van der Waals surface area contributed by atoms with Crippen LogP contribution in [-0.2, 0) is 11.3 Å². The van der Waals surface area contributed by atoms with E-state index in [4.69, 9.17) is 15.2 Å². The van der Waals surface area contributed by atoms with Crippen molar-refractivity contribution in [2.75, 3.05) is 13.2 Å². The first-order valence-corrected chi connectivity index (χ1v) is 13.0. The highest BCUT2D eigenvalue weighted by Crippen LogP contribution is 2.58. The summed E-state index contributed by atoms with van der Waals surface area (Å²) in [4.78, 5) is 12.4. The minimum atomic E-state index is -1.73. The fraction of sp³-hybridized carbons (Fsp3) is 0.310. The fourth-order valence-electron chi connectivity index (χ4n) is 5.20. The minimum absolute atomic E-state index is 0.0281. The Labute approximate surface area is 230 Å². The number of halogens is 1. The van der Waals surface area contributed by atoms with Crippen LogP contribution >= 0.6 is 15.9 Å². The van der Waals surface area contributed by atoms with Crippen molar-refractivity contribution in [1.29, 1.82) is 15.8 Å². The Morgan fingerprint density at radius 3 is 2.53 bits per heavy atom. The Balaban J connectivity index is 1.66. The normalized spacial score (nSPS) is 19.3. The molecule has 38 heavy (non-hydrogen) atoms. The highest BCUT2D eigenvalue weighted by molar-refractivity contribution is 9.10. The molecule has 192 valence electrons. The summed E-state index contributed by atoms with van der Waals surface area (Å²) in [5, 5.41) is 33.1. The predicted molar refractivity (Wildman–Crippen MR) is 143 cm³/mol. The molecule has 0 unspecified atom stereocenters. The van der Waals surface area contributed by atoms with E-state index >= 15 is 0 Å². The molecule has 4 rings (SSSR count). The van der Waals surface area contributed by atoms with Gasteiger partial charge in [0.2, 0.25) is 0 Å². The molecule has 0 fully saturated rings. The van der Waals surface area contributed by atoms with Gasteiger partial charge in [0.15, 0.2) is 23.5 Å². The smallest absolute Gasteiger partial charge is 0.258 e. The van der Waals surface area contributed by atoms with Crippen molar-refractivity contribution in [1.82, 2.24) is 5.32 Å². The molecule has 0 saturated heterocycles. The first-order chi connectivity index (χ1) is 18.4. The van der Waals surface area contributed by atoms with Gasteiger partial charge in [-0.2, -0.15) is 15.8 Å². The number of nitrogens with two attached hydrogens (primary N) is 1. The number of nitrogens with one attached hydrogen (secondary N) is 1. The van der Waals surface area contributed by atoms with Crippen molar-refractivity contribution in [2.45, 2.75) is 32.2 Å². The number of ether oxygens (including phenoxy) is 2. The quantitative estimate of drug-likeness (QED) is 0.465. The summed E-state index contributed by atoms with van der Waals surface area (Å²) in [6.07, 6.45) is 3.36. The molecule has 0 radical (unpaired) electrons. The van der Waals surface area contributed by atoms with Crippen LogP contribution in [0.1, 0.15) is 36.8 Å². The van der Waals surface area contributed by atoms with Gasteiger partial charge < -0.3 is 20.5 Å². The molecule has 2 aromatic carbocycles. The number of hydrogen-bond acceptors (Lipinski definition) is 7. The summed E-state index contributed by atoms with van der Waals surface area (Å²) in [5.41, 5.74) is 7.21. The molecule has 0 aliphatic heterocycles. The largest absolute Gasteiger partial charge is 0.490 e. The Kier molecular flexibility index (Phi) is 8.05. The van der Waals surface area contributed by atoms with Gasteiger partial charge in [0, 0.05) is 16.9 Å². The average Bonchev–Trinajstić information content (AvgIpc) is 3.41. The van der Waals surface area contributed by atoms with Crippen LogP contribution < -0.4 is 20.5 Å². The van der Waals surface area contributed by atoms with Gasteiger partial charge in [-0.1, -0.05) is 52.3 Å². The van der Waals surface area contributed by atoms with Crippen molar-refractivity contribution in [2.24, 2.45) is 17.1 Å². The van der Waals surface area contributed by atoms with Gasteiger partial charge in [-0.25, -0.2) is 0 Å². The lowest BCUT2D eigenvalue weighted by Crippen LogP contribution is -2.41. The number of benzene rings is 2. The van der Waals surface area contributed by atoms with E-state index in [0.717, 1.165) is 17.6 Å². The third kappa shape index (κ3) is 4.84. The Morgan fingerprint density at radius 2 is 1.87 bits per heavy atom. The number of nitriles is 3. The number of carbonyl (C=O) groups is 1. The molecule has 1 amide bonds. The highest BCUT2D eigenvalue weighted by atomic mass is 79.9. The lowest BCUT2D eigenvalue weighted by molar-refractivity contribution is -0.123. The predicted octanol–water partition coefficient (Wildman–Crippen LogP) is 4.75. The summed E-state index contributed by atoms with van der Waals surface area (Å²) >= 11 is 3.60. The van der Waals surface area contributed by atoms with E-state index in [0.29, 0.717) is 41.1 Å². The number of hydrogen-bond donors (Lipinski definition) is 2. The first-order valence-electron chi connectivity index (χ1n) is 12.2. The Hall–Kier alpha value is -4.26. The lowest BCUT2D eigenvalue weighted by atomic mass is 9.59. The van der Waals surface area contributed by atoms with E-state index in [1.165, 1.54) is 0 Å². The molecule has 0 aromatic heterocycles. The lowest BCUT2D eigenvalue weighted by Gasteiger charge is -2.40. The maximum absolute atomic E-state index is 12.4. The molecule has 0 bridgehead atoms. The van der Waals surface area contributed by atoms with Crippen LogP contribution in [0.3, 0.4) is 0 Å². The summed E-state index contributed by atoms with van der Waals surface area (Å²) in [7, 11) is 0. The van der Waals surface area contributed by atoms with Crippen LogP contribution in [0.4, 0.5) is 0 Å². The molecular formula is C29H26BrN5O3. The van der Waals surface area contributed by atoms with E-state index in [9.17, 15) is 20.6 Å². The van der Waals surface area contributed by atoms with Crippen molar-refractivity contribution < 1.29 is 14.3 Å². The second-order valence-electron chi connectivity index (χ2n) is 9.06. The second kappa shape index (κ2) is 11.4. The molecule has 0 spiro atoms. The monoisotopic (exact) mass is 571 g/mol. The summed E-state index contributed by atoms with van der Waals surface area (Å²) in [6.45, 7) is 2.32. The third-order valence-corrected chi connectivity index (χ3v) is 7.63. The van der Waals surface area contributed by atoms with Crippen molar-refractivity contribution in [3.63, 3.8) is 0 Å². The molecule has 2 aliphatic rings. The number of fused-ring (bicyclic) bond motifs is 1. The Bertz CT molecular complexity index is 1420. The molecule has 0 saturated carbocycles. The first kappa shape index (κ1) is 26.8. The number of nitrogens with zero attached hydrogens (tertiary/aromatic N) is 3. The molecule has 0 heterocycles. The maximum atomic E-state index is 12.4. The molecular weight excluding hydrogens is 546 g/mol. The molecule has 2 aromatic rings. The van der Waals surface area contributed by atoms with Crippen LogP contribution in [0, 0.1) is 45.3 Å². The Morgan fingerprint density at radius 1 is 1.16 bits per heavy atom. The number of allylic oxidation sites excluding steroid dienone is 4. The number of carbonyl (C=O) groups excluding carboxylic acids is 1. The van der Waals surface area contributed by atoms with Crippen molar-refractivity contribution in [3.05, 3.63) is 81.0 Å². The molecule has 2 atom stereocenters. The summed E-state index contributed by atoms with van der Waals surface area (Å²) in [5.74, 6) is -0.447. The van der Waals surface area contributed by atoms with Gasteiger partial charge in [0.1, 0.15) is 6.07 Å². The van der Waals surface area contributed by atoms with E-state index in [1.807, 2.05) is 43.3 Å². The third-order valence-electron chi connectivity index (χ3n) is 6.95. The minimum Gasteiger partial charge on any atom is -0.490 e. The van der Waals surface area contributed by atoms with Gasteiger partial charge in [0.25, 0.3) is 5.91 Å².